The zero-order valence-corrected chi connectivity index (χ0v) is 28.7. The van der Waals surface area contributed by atoms with Gasteiger partial charge in [0.25, 0.3) is 11.5 Å². The Bertz CT molecular complexity index is 2350. The number of halogens is 4. The third-order valence-corrected chi connectivity index (χ3v) is 9.47. The molecule has 4 heterocycles. The monoisotopic (exact) mass is 733 g/mol. The van der Waals surface area contributed by atoms with Gasteiger partial charge in [-0.15, -0.1) is 5.10 Å². The first-order valence-corrected chi connectivity index (χ1v) is 16.8. The molecule has 0 bridgehead atoms. The molecule has 1 fully saturated rings. The number of fused-ring (bicyclic) bond motifs is 2. The molecule has 1 aliphatic heterocycles. The first kappa shape index (κ1) is 34.7. The number of carbonyl (C=O) groups excluding carboxylic acids is 2. The van der Waals surface area contributed by atoms with Gasteiger partial charge < -0.3 is 24.8 Å². The Morgan fingerprint density at radius 1 is 1.06 bits per heavy atom. The molecule has 268 valence electrons. The lowest BCUT2D eigenvalue weighted by Crippen LogP contribution is -2.51. The highest BCUT2D eigenvalue weighted by molar-refractivity contribution is 6.33. The van der Waals surface area contributed by atoms with E-state index in [-0.39, 0.29) is 84.3 Å². The van der Waals surface area contributed by atoms with E-state index in [0.717, 1.165) is 40.3 Å². The second kappa shape index (κ2) is 13.4. The van der Waals surface area contributed by atoms with Crippen LogP contribution in [0, 0.1) is 6.92 Å². The number of aryl methyl sites for hydroxylation is 1. The van der Waals surface area contributed by atoms with Crippen molar-refractivity contribution in [2.24, 2.45) is 0 Å². The van der Waals surface area contributed by atoms with Crippen molar-refractivity contribution in [1.29, 1.82) is 0 Å². The third-order valence-electron chi connectivity index (χ3n) is 9.16. The standard InChI is InChI=1S/C35H31ClF3N9O4/c1-3-26-29(45-11-13-46(14-12-45)32(51)28-30(50)19(2)40-18-41-28)33(52)48-34(43-31(44-48)22-8-7-20-5-4-6-21(20)15-22)47(26)17-27(49)42-25-10-9-23(16-24(25)36)35(37,38)39/h4-5,7-10,15-16,18,50H,3,6,11-14,17H2,1-2H3,(H,42,49). The number of piperazine rings is 1. The number of nitrogens with one attached hydrogen (secondary N) is 1. The summed E-state index contributed by atoms with van der Waals surface area (Å²) in [5.41, 5.74) is 2.26. The fraction of sp³-hybridized carbons (Fsp3) is 0.286. The van der Waals surface area contributed by atoms with E-state index in [0.29, 0.717) is 11.3 Å². The van der Waals surface area contributed by atoms with Gasteiger partial charge in [0.2, 0.25) is 11.7 Å². The third kappa shape index (κ3) is 6.33. The minimum absolute atomic E-state index is 0.0189. The molecule has 0 radical (unpaired) electrons. The summed E-state index contributed by atoms with van der Waals surface area (Å²) in [6, 6.07) is 8.39. The normalized spacial score (nSPS) is 14.3. The summed E-state index contributed by atoms with van der Waals surface area (Å²) in [7, 11) is 0. The van der Waals surface area contributed by atoms with Crippen LogP contribution in [0.4, 0.5) is 24.5 Å². The Morgan fingerprint density at radius 2 is 1.83 bits per heavy atom. The van der Waals surface area contributed by atoms with E-state index in [1.54, 1.807) is 11.5 Å². The number of hydrogen-bond acceptors (Lipinski definition) is 9. The molecular weight excluding hydrogens is 703 g/mol. The van der Waals surface area contributed by atoms with Crippen LogP contribution in [0.15, 0.2) is 53.6 Å². The fourth-order valence-electron chi connectivity index (χ4n) is 6.48. The Morgan fingerprint density at radius 3 is 2.54 bits per heavy atom. The van der Waals surface area contributed by atoms with Crippen LogP contribution in [0.5, 0.6) is 5.75 Å². The van der Waals surface area contributed by atoms with E-state index in [1.165, 1.54) is 11.2 Å². The SMILES string of the molecule is CCc1c(N2CCN(C(=O)c3ncnc(C)c3O)CC2)c(=O)n2nc(-c3ccc4c(c3)CC=C4)nc2n1CC(=O)Nc1ccc(C(F)(F)F)cc1Cl. The van der Waals surface area contributed by atoms with Crippen molar-refractivity contribution in [3.05, 3.63) is 98.0 Å². The molecule has 2 N–H and O–H groups in total. The smallest absolute Gasteiger partial charge is 0.416 e. The van der Waals surface area contributed by atoms with Crippen molar-refractivity contribution < 1.29 is 27.9 Å². The average Bonchev–Trinajstić information content (AvgIpc) is 3.79. The van der Waals surface area contributed by atoms with Gasteiger partial charge in [0, 0.05) is 31.7 Å². The number of hydrogen-bond donors (Lipinski definition) is 2. The Kier molecular flexibility index (Phi) is 8.94. The lowest BCUT2D eigenvalue weighted by atomic mass is 10.1. The van der Waals surface area contributed by atoms with Crippen molar-refractivity contribution in [3.8, 4) is 17.1 Å². The molecule has 1 aliphatic carbocycles. The Balaban J connectivity index is 1.25. The number of rotatable bonds is 7. The number of amides is 2. The van der Waals surface area contributed by atoms with Gasteiger partial charge in [-0.2, -0.15) is 22.7 Å². The molecular formula is C35H31ClF3N9O4. The number of aromatic nitrogens is 6. The van der Waals surface area contributed by atoms with E-state index < -0.39 is 29.1 Å². The molecule has 0 unspecified atom stereocenters. The maximum atomic E-state index is 14.3. The minimum Gasteiger partial charge on any atom is -0.504 e. The van der Waals surface area contributed by atoms with Gasteiger partial charge in [0.05, 0.1) is 27.7 Å². The molecule has 0 spiro atoms. The van der Waals surface area contributed by atoms with Gasteiger partial charge in [-0.1, -0.05) is 42.8 Å². The van der Waals surface area contributed by atoms with E-state index in [4.69, 9.17) is 16.6 Å². The Hall–Kier alpha value is -5.77. The topological polar surface area (TPSA) is 151 Å². The summed E-state index contributed by atoms with van der Waals surface area (Å²) in [4.78, 5) is 57.1. The van der Waals surface area contributed by atoms with Gasteiger partial charge in [0.1, 0.15) is 18.6 Å². The van der Waals surface area contributed by atoms with Crippen LogP contribution in [0.2, 0.25) is 5.02 Å². The lowest BCUT2D eigenvalue weighted by Gasteiger charge is -2.36. The summed E-state index contributed by atoms with van der Waals surface area (Å²) >= 11 is 6.14. The van der Waals surface area contributed by atoms with Crippen molar-refractivity contribution in [2.75, 3.05) is 36.4 Å². The van der Waals surface area contributed by atoms with Gasteiger partial charge >= 0.3 is 6.18 Å². The Labute approximate surface area is 299 Å². The highest BCUT2D eigenvalue weighted by atomic mass is 35.5. The van der Waals surface area contributed by atoms with Crippen molar-refractivity contribution in [1.82, 2.24) is 34.0 Å². The van der Waals surface area contributed by atoms with E-state index >= 15 is 0 Å². The summed E-state index contributed by atoms with van der Waals surface area (Å²) < 4.78 is 42.4. The van der Waals surface area contributed by atoms with Crippen molar-refractivity contribution >= 4 is 46.6 Å². The first-order chi connectivity index (χ1) is 24.8. The number of benzene rings is 2. The molecule has 17 heteroatoms. The molecule has 2 amide bonds. The van der Waals surface area contributed by atoms with Crippen LogP contribution in [0.1, 0.15) is 45.5 Å². The molecule has 13 nitrogen and oxygen atoms in total. The van der Waals surface area contributed by atoms with Crippen LogP contribution in [0.3, 0.4) is 0 Å². The van der Waals surface area contributed by atoms with E-state index in [2.05, 4.69) is 20.4 Å². The van der Waals surface area contributed by atoms with Gasteiger partial charge in [0.15, 0.2) is 17.3 Å². The zero-order chi connectivity index (χ0) is 36.9. The molecule has 0 saturated carbocycles. The lowest BCUT2D eigenvalue weighted by molar-refractivity contribution is -0.137. The van der Waals surface area contributed by atoms with Crippen LogP contribution >= 0.6 is 11.6 Å². The van der Waals surface area contributed by atoms with Gasteiger partial charge in [-0.25, -0.2) is 9.97 Å². The van der Waals surface area contributed by atoms with Crippen molar-refractivity contribution in [3.63, 3.8) is 0 Å². The van der Waals surface area contributed by atoms with E-state index in [9.17, 15) is 32.7 Å². The second-order valence-corrected chi connectivity index (χ2v) is 12.8. The molecule has 2 aromatic carbocycles. The molecule has 2 aliphatic rings. The van der Waals surface area contributed by atoms with Crippen LogP contribution in [0.25, 0.3) is 23.2 Å². The van der Waals surface area contributed by atoms with Gasteiger partial charge in [-0.3, -0.25) is 14.4 Å². The predicted molar refractivity (Wildman–Crippen MR) is 186 cm³/mol. The highest BCUT2D eigenvalue weighted by Crippen LogP contribution is 2.34. The first-order valence-electron chi connectivity index (χ1n) is 16.4. The quantitative estimate of drug-likeness (QED) is 0.241. The van der Waals surface area contributed by atoms with Crippen molar-refractivity contribution in [2.45, 2.75) is 39.4 Å². The summed E-state index contributed by atoms with van der Waals surface area (Å²) in [6.07, 6.45) is 1.68. The largest absolute Gasteiger partial charge is 0.504 e. The van der Waals surface area contributed by atoms with E-state index in [1.807, 2.05) is 42.2 Å². The van der Waals surface area contributed by atoms with Crippen LogP contribution < -0.4 is 15.8 Å². The fourth-order valence-corrected chi connectivity index (χ4v) is 6.71. The summed E-state index contributed by atoms with van der Waals surface area (Å²) in [5.74, 6) is -1.04. The van der Waals surface area contributed by atoms with Crippen LogP contribution in [-0.4, -0.2) is 77.1 Å². The number of aromatic hydroxyl groups is 1. The number of nitrogens with zero attached hydrogens (tertiary/aromatic N) is 8. The highest BCUT2D eigenvalue weighted by Gasteiger charge is 2.32. The molecule has 3 aromatic heterocycles. The maximum absolute atomic E-state index is 14.3. The van der Waals surface area contributed by atoms with Crippen LogP contribution in [-0.2, 0) is 30.4 Å². The molecule has 52 heavy (non-hydrogen) atoms. The minimum atomic E-state index is -4.61. The molecule has 0 atom stereocenters. The number of allylic oxidation sites excluding steroid dienone is 1. The molecule has 5 aromatic rings. The average molecular weight is 734 g/mol. The zero-order valence-electron chi connectivity index (χ0n) is 27.9. The number of alkyl halides is 3. The molecule has 7 rings (SSSR count). The predicted octanol–water partition coefficient (Wildman–Crippen LogP) is 4.77. The maximum Gasteiger partial charge on any atom is 0.416 e. The summed E-state index contributed by atoms with van der Waals surface area (Å²) in [6.45, 7) is 3.86. The second-order valence-electron chi connectivity index (χ2n) is 12.4. The molecule has 1 saturated heterocycles. The summed E-state index contributed by atoms with van der Waals surface area (Å²) in [5, 5.41) is 17.3. The number of carbonyl (C=O) groups is 2. The van der Waals surface area contributed by atoms with Gasteiger partial charge in [-0.05, 0) is 55.2 Å². The number of anilines is 2.